The van der Waals surface area contributed by atoms with Gasteiger partial charge in [0.1, 0.15) is 0 Å². The first-order valence-electron chi connectivity index (χ1n) is 6.63. The lowest BCUT2D eigenvalue weighted by Gasteiger charge is -2.27. The summed E-state index contributed by atoms with van der Waals surface area (Å²) in [5.41, 5.74) is 11.8. The molecule has 1 fully saturated rings. The zero-order valence-electron chi connectivity index (χ0n) is 11.1. The number of nitrogens with two attached hydrogens (primary N) is 2. The molecule has 6 heteroatoms. The van der Waals surface area contributed by atoms with Gasteiger partial charge in [-0.15, -0.1) is 0 Å². The summed E-state index contributed by atoms with van der Waals surface area (Å²) in [5, 5.41) is 3.30. The van der Waals surface area contributed by atoms with Crippen molar-refractivity contribution in [2.24, 2.45) is 11.7 Å². The number of nitrogens with one attached hydrogen (secondary N) is 1. The summed E-state index contributed by atoms with van der Waals surface area (Å²) in [6.45, 7) is 0. The average molecular weight is 296 g/mol. The first kappa shape index (κ1) is 14.7. The maximum absolute atomic E-state index is 12.2. The Hall–Kier alpha value is -1.75. The Bertz CT molecular complexity index is 525. The number of para-hydroxylation sites is 1. The number of carbonyl (C=O) groups excluding carboxylic acids is 2. The standard InChI is InChI=1S/C14H18ClN3O2/c15-11-3-1-2-10(12(11)16)14(20)18-9-6-4-8(5-7-9)13(17)19/h1-3,8-9H,4-7,16H2,(H2,17,19)(H,18,20). The highest BCUT2D eigenvalue weighted by atomic mass is 35.5. The summed E-state index contributed by atoms with van der Waals surface area (Å²) in [4.78, 5) is 23.3. The van der Waals surface area contributed by atoms with Crippen molar-refractivity contribution in [3.63, 3.8) is 0 Å². The van der Waals surface area contributed by atoms with Gasteiger partial charge in [0.25, 0.3) is 5.91 Å². The normalized spacial score (nSPS) is 22.2. The van der Waals surface area contributed by atoms with Crippen molar-refractivity contribution in [3.8, 4) is 0 Å². The average Bonchev–Trinajstić information content (AvgIpc) is 2.42. The maximum Gasteiger partial charge on any atom is 0.253 e. The van der Waals surface area contributed by atoms with Crippen LogP contribution in [0.3, 0.4) is 0 Å². The third-order valence-corrected chi connectivity index (χ3v) is 4.09. The van der Waals surface area contributed by atoms with Crippen LogP contribution < -0.4 is 16.8 Å². The molecule has 0 heterocycles. The van der Waals surface area contributed by atoms with Crippen LogP contribution in [0.1, 0.15) is 36.0 Å². The van der Waals surface area contributed by atoms with Gasteiger partial charge >= 0.3 is 0 Å². The first-order chi connectivity index (χ1) is 9.49. The molecule has 1 aromatic carbocycles. The van der Waals surface area contributed by atoms with Crippen molar-refractivity contribution in [2.75, 3.05) is 5.73 Å². The Kier molecular flexibility index (Phi) is 4.49. The quantitative estimate of drug-likeness (QED) is 0.740. The molecule has 1 aromatic rings. The van der Waals surface area contributed by atoms with Gasteiger partial charge in [-0.1, -0.05) is 17.7 Å². The maximum atomic E-state index is 12.2. The summed E-state index contributed by atoms with van der Waals surface area (Å²) in [7, 11) is 0. The molecule has 0 saturated heterocycles. The third kappa shape index (κ3) is 3.22. The molecule has 0 radical (unpaired) electrons. The zero-order valence-corrected chi connectivity index (χ0v) is 11.8. The van der Waals surface area contributed by atoms with Crippen LogP contribution in [-0.4, -0.2) is 17.9 Å². The number of anilines is 1. The van der Waals surface area contributed by atoms with Crippen LogP contribution >= 0.6 is 11.6 Å². The second kappa shape index (κ2) is 6.13. The molecule has 2 amide bonds. The van der Waals surface area contributed by atoms with Crippen LogP contribution in [0.15, 0.2) is 18.2 Å². The minimum absolute atomic E-state index is 0.0523. The fourth-order valence-corrected chi connectivity index (χ4v) is 2.69. The lowest BCUT2D eigenvalue weighted by Crippen LogP contribution is -2.40. The summed E-state index contributed by atoms with van der Waals surface area (Å²) < 4.78 is 0. The van der Waals surface area contributed by atoms with E-state index in [2.05, 4.69) is 5.32 Å². The minimum Gasteiger partial charge on any atom is -0.397 e. The van der Waals surface area contributed by atoms with Gasteiger partial charge in [0.2, 0.25) is 5.91 Å². The van der Waals surface area contributed by atoms with Gasteiger partial charge in [-0.05, 0) is 37.8 Å². The van der Waals surface area contributed by atoms with Crippen LogP contribution in [0.25, 0.3) is 0 Å². The number of primary amides is 1. The predicted octanol–water partition coefficient (Wildman–Crippen LogP) is 1.70. The van der Waals surface area contributed by atoms with Gasteiger partial charge in [0.15, 0.2) is 0 Å². The van der Waals surface area contributed by atoms with E-state index in [1.807, 2.05) is 0 Å². The van der Waals surface area contributed by atoms with Gasteiger partial charge in [0, 0.05) is 12.0 Å². The third-order valence-electron chi connectivity index (χ3n) is 3.76. The molecular formula is C14H18ClN3O2. The Balaban J connectivity index is 1.96. The van der Waals surface area contributed by atoms with E-state index in [1.165, 1.54) is 0 Å². The van der Waals surface area contributed by atoms with E-state index in [1.54, 1.807) is 18.2 Å². The first-order valence-corrected chi connectivity index (χ1v) is 7.01. The molecule has 0 aliphatic heterocycles. The van der Waals surface area contributed by atoms with Crippen LogP contribution in [0.2, 0.25) is 5.02 Å². The molecule has 0 spiro atoms. The largest absolute Gasteiger partial charge is 0.397 e. The molecular weight excluding hydrogens is 278 g/mol. The molecule has 0 atom stereocenters. The second-order valence-electron chi connectivity index (χ2n) is 5.13. The van der Waals surface area contributed by atoms with Gasteiger partial charge in [0.05, 0.1) is 16.3 Å². The van der Waals surface area contributed by atoms with Gasteiger partial charge in [-0.3, -0.25) is 9.59 Å². The van der Waals surface area contributed by atoms with E-state index in [0.29, 0.717) is 23.4 Å². The van der Waals surface area contributed by atoms with Crippen LogP contribution in [0.5, 0.6) is 0 Å². The smallest absolute Gasteiger partial charge is 0.253 e. The lowest BCUT2D eigenvalue weighted by atomic mass is 9.85. The number of nitrogen functional groups attached to an aromatic ring is 1. The van der Waals surface area contributed by atoms with Crippen molar-refractivity contribution < 1.29 is 9.59 Å². The lowest BCUT2D eigenvalue weighted by molar-refractivity contribution is -0.122. The van der Waals surface area contributed by atoms with E-state index in [0.717, 1.165) is 12.8 Å². The van der Waals surface area contributed by atoms with Gasteiger partial charge in [-0.2, -0.15) is 0 Å². The number of hydrogen-bond donors (Lipinski definition) is 3. The topological polar surface area (TPSA) is 98.2 Å². The van der Waals surface area contributed by atoms with Crippen LogP contribution in [0.4, 0.5) is 5.69 Å². The Morgan fingerprint density at radius 2 is 1.85 bits per heavy atom. The van der Waals surface area contributed by atoms with Crippen molar-refractivity contribution in [1.29, 1.82) is 0 Å². The molecule has 2 rings (SSSR count). The number of benzene rings is 1. The van der Waals surface area contributed by atoms with E-state index in [-0.39, 0.29) is 29.5 Å². The van der Waals surface area contributed by atoms with Crippen LogP contribution in [0, 0.1) is 5.92 Å². The van der Waals surface area contributed by atoms with Crippen LogP contribution in [-0.2, 0) is 4.79 Å². The molecule has 1 aliphatic carbocycles. The monoisotopic (exact) mass is 295 g/mol. The molecule has 0 bridgehead atoms. The second-order valence-corrected chi connectivity index (χ2v) is 5.53. The van der Waals surface area contributed by atoms with Gasteiger partial charge < -0.3 is 16.8 Å². The highest BCUT2D eigenvalue weighted by Gasteiger charge is 2.26. The number of rotatable bonds is 3. The molecule has 0 unspecified atom stereocenters. The minimum atomic E-state index is -0.256. The Morgan fingerprint density at radius 1 is 1.20 bits per heavy atom. The van der Waals surface area contributed by atoms with Crippen molar-refractivity contribution in [1.82, 2.24) is 5.32 Å². The molecule has 1 saturated carbocycles. The SMILES string of the molecule is NC(=O)C1CCC(NC(=O)c2cccc(Cl)c2N)CC1. The zero-order chi connectivity index (χ0) is 14.7. The number of amides is 2. The number of hydrogen-bond acceptors (Lipinski definition) is 3. The van der Waals surface area contributed by atoms with Gasteiger partial charge in [-0.25, -0.2) is 0 Å². The molecule has 5 nitrogen and oxygen atoms in total. The summed E-state index contributed by atoms with van der Waals surface area (Å²) in [5.74, 6) is -0.555. The number of halogens is 1. The summed E-state index contributed by atoms with van der Waals surface area (Å²) in [6.07, 6.45) is 2.93. The molecule has 108 valence electrons. The fraction of sp³-hybridized carbons (Fsp3) is 0.429. The predicted molar refractivity (Wildman–Crippen MR) is 78.3 cm³/mol. The van der Waals surface area contributed by atoms with E-state index in [9.17, 15) is 9.59 Å². The molecule has 20 heavy (non-hydrogen) atoms. The highest BCUT2D eigenvalue weighted by Crippen LogP contribution is 2.26. The van der Waals surface area contributed by atoms with Crippen molar-refractivity contribution in [2.45, 2.75) is 31.7 Å². The van der Waals surface area contributed by atoms with E-state index in [4.69, 9.17) is 23.1 Å². The van der Waals surface area contributed by atoms with Crippen molar-refractivity contribution in [3.05, 3.63) is 28.8 Å². The highest BCUT2D eigenvalue weighted by molar-refractivity contribution is 6.33. The fourth-order valence-electron chi connectivity index (χ4n) is 2.52. The Morgan fingerprint density at radius 3 is 2.45 bits per heavy atom. The molecule has 0 aromatic heterocycles. The number of carbonyl (C=O) groups is 2. The summed E-state index contributed by atoms with van der Waals surface area (Å²) in [6, 6.07) is 5.03. The van der Waals surface area contributed by atoms with Crippen molar-refractivity contribution >= 4 is 29.1 Å². The summed E-state index contributed by atoms with van der Waals surface area (Å²) >= 11 is 5.90. The Labute approximate surface area is 122 Å². The van der Waals surface area contributed by atoms with E-state index >= 15 is 0 Å². The molecule has 5 N–H and O–H groups in total. The molecule has 1 aliphatic rings. The van der Waals surface area contributed by atoms with E-state index < -0.39 is 0 Å².